The number of aliphatic carboxylic acids is 1. The van der Waals surface area contributed by atoms with E-state index >= 15 is 0 Å². The Bertz CT molecular complexity index is 629. The van der Waals surface area contributed by atoms with Crippen molar-refractivity contribution in [2.24, 2.45) is 0 Å². The third-order valence-electron chi connectivity index (χ3n) is 3.09. The van der Waals surface area contributed by atoms with Crippen LogP contribution in [0, 0.1) is 0 Å². The van der Waals surface area contributed by atoms with Gasteiger partial charge in [-0.05, 0) is 24.6 Å². The van der Waals surface area contributed by atoms with Gasteiger partial charge >= 0.3 is 18.1 Å². The molecule has 1 aromatic carbocycles. The molecule has 0 fully saturated rings. The molecule has 0 bridgehead atoms. The minimum atomic E-state index is -4.57. The first-order valence-electron chi connectivity index (χ1n) is 7.10. The minimum Gasteiger partial charge on any atom is -0.480 e. The third kappa shape index (κ3) is 6.07. The van der Waals surface area contributed by atoms with E-state index in [1.54, 1.807) is 0 Å². The lowest BCUT2D eigenvalue weighted by molar-refractivity contribution is -0.150. The second kappa shape index (κ2) is 8.47. The molecule has 0 aliphatic rings. The molecule has 0 saturated heterocycles. The monoisotopic (exact) mass is 363 g/mol. The molecular weight excluding hydrogens is 347 g/mol. The second-order valence-electron chi connectivity index (χ2n) is 4.93. The lowest BCUT2D eigenvalue weighted by atomic mass is 10.1. The number of carboxylic acids is 1. The van der Waals surface area contributed by atoms with Crippen LogP contribution in [-0.4, -0.2) is 40.7 Å². The van der Waals surface area contributed by atoms with E-state index in [1.807, 2.05) is 5.32 Å². The standard InChI is InChI=1S/C15H16F3NO6/c1-2-25-11(20)7-10(14(23)24)19-13(22)12(21)8-3-5-9(6-4-8)15(16,17)18/h3-6,10,12,21H,2,7H2,1H3,(H,19,22)(H,23,24)/t10-,12+/m0/s1. The first kappa shape index (κ1) is 20.4. The van der Waals surface area contributed by atoms with Crippen molar-refractivity contribution in [3.63, 3.8) is 0 Å². The molecule has 7 nitrogen and oxygen atoms in total. The van der Waals surface area contributed by atoms with Crippen molar-refractivity contribution >= 4 is 17.8 Å². The fourth-order valence-electron chi connectivity index (χ4n) is 1.84. The first-order chi connectivity index (χ1) is 11.6. The van der Waals surface area contributed by atoms with E-state index in [-0.39, 0.29) is 12.2 Å². The summed E-state index contributed by atoms with van der Waals surface area (Å²) in [5.74, 6) is -3.56. The highest BCUT2D eigenvalue weighted by Gasteiger charge is 2.31. The number of nitrogens with one attached hydrogen (secondary N) is 1. The number of benzene rings is 1. The molecule has 2 atom stereocenters. The number of esters is 1. The molecule has 1 amide bonds. The Kier molecular flexibility index (Phi) is 6.92. The Morgan fingerprint density at radius 3 is 2.20 bits per heavy atom. The van der Waals surface area contributed by atoms with Gasteiger partial charge in [-0.25, -0.2) is 4.79 Å². The van der Waals surface area contributed by atoms with E-state index in [2.05, 4.69) is 4.74 Å². The maximum atomic E-state index is 12.5. The number of hydrogen-bond donors (Lipinski definition) is 3. The highest BCUT2D eigenvalue weighted by atomic mass is 19.4. The zero-order chi connectivity index (χ0) is 19.2. The topological polar surface area (TPSA) is 113 Å². The second-order valence-corrected chi connectivity index (χ2v) is 4.93. The van der Waals surface area contributed by atoms with Gasteiger partial charge in [-0.1, -0.05) is 12.1 Å². The summed E-state index contributed by atoms with van der Waals surface area (Å²) < 4.78 is 42.0. The molecule has 0 radical (unpaired) electrons. The van der Waals surface area contributed by atoms with Crippen LogP contribution in [0.1, 0.15) is 30.6 Å². The van der Waals surface area contributed by atoms with Crippen LogP contribution in [0.5, 0.6) is 0 Å². The van der Waals surface area contributed by atoms with Crippen LogP contribution in [0.15, 0.2) is 24.3 Å². The van der Waals surface area contributed by atoms with Crippen molar-refractivity contribution < 1.29 is 42.5 Å². The summed E-state index contributed by atoms with van der Waals surface area (Å²) in [6.07, 6.45) is -7.12. The van der Waals surface area contributed by atoms with Gasteiger partial charge in [0, 0.05) is 0 Å². The molecule has 0 unspecified atom stereocenters. The summed E-state index contributed by atoms with van der Waals surface area (Å²) in [5.41, 5.74) is -1.12. The quantitative estimate of drug-likeness (QED) is 0.629. The molecule has 10 heteroatoms. The Balaban J connectivity index is 2.80. The van der Waals surface area contributed by atoms with Gasteiger partial charge in [-0.2, -0.15) is 13.2 Å². The van der Waals surface area contributed by atoms with Gasteiger partial charge in [0.2, 0.25) is 0 Å². The van der Waals surface area contributed by atoms with Crippen molar-refractivity contribution in [1.29, 1.82) is 0 Å². The zero-order valence-electron chi connectivity index (χ0n) is 13.0. The predicted molar refractivity (Wildman–Crippen MR) is 77.2 cm³/mol. The Hall–Kier alpha value is -2.62. The van der Waals surface area contributed by atoms with Gasteiger partial charge in [0.1, 0.15) is 6.04 Å². The lowest BCUT2D eigenvalue weighted by Gasteiger charge is -2.17. The molecule has 0 saturated carbocycles. The fourth-order valence-corrected chi connectivity index (χ4v) is 1.84. The van der Waals surface area contributed by atoms with Gasteiger partial charge in [0.25, 0.3) is 5.91 Å². The number of carboxylic acid groups (broad SMARTS) is 1. The Morgan fingerprint density at radius 1 is 1.20 bits per heavy atom. The lowest BCUT2D eigenvalue weighted by Crippen LogP contribution is -2.44. The molecule has 138 valence electrons. The molecular formula is C15H16F3NO6. The first-order valence-corrected chi connectivity index (χ1v) is 7.10. The van der Waals surface area contributed by atoms with Gasteiger partial charge in [-0.15, -0.1) is 0 Å². The van der Waals surface area contributed by atoms with E-state index in [9.17, 15) is 32.7 Å². The number of ether oxygens (including phenoxy) is 1. The maximum Gasteiger partial charge on any atom is 0.416 e. The Labute approximate surface area is 140 Å². The molecule has 3 N–H and O–H groups in total. The van der Waals surface area contributed by atoms with E-state index in [0.717, 1.165) is 12.1 Å². The van der Waals surface area contributed by atoms with Gasteiger partial charge < -0.3 is 20.3 Å². The van der Waals surface area contributed by atoms with Crippen LogP contribution in [0.4, 0.5) is 13.2 Å². The highest BCUT2D eigenvalue weighted by molar-refractivity contribution is 5.89. The van der Waals surface area contributed by atoms with Crippen LogP contribution in [0.3, 0.4) is 0 Å². The fraction of sp³-hybridized carbons (Fsp3) is 0.400. The van der Waals surface area contributed by atoms with E-state index in [1.165, 1.54) is 6.92 Å². The van der Waals surface area contributed by atoms with Crippen LogP contribution >= 0.6 is 0 Å². The maximum absolute atomic E-state index is 12.5. The largest absolute Gasteiger partial charge is 0.480 e. The highest BCUT2D eigenvalue weighted by Crippen LogP contribution is 2.29. The van der Waals surface area contributed by atoms with E-state index < -0.39 is 48.2 Å². The zero-order valence-corrected chi connectivity index (χ0v) is 13.0. The molecule has 0 aliphatic heterocycles. The van der Waals surface area contributed by atoms with E-state index in [0.29, 0.717) is 12.1 Å². The molecule has 0 heterocycles. The van der Waals surface area contributed by atoms with Crippen molar-refractivity contribution in [2.45, 2.75) is 31.7 Å². The van der Waals surface area contributed by atoms with Crippen molar-refractivity contribution in [3.8, 4) is 0 Å². The van der Waals surface area contributed by atoms with Crippen LogP contribution < -0.4 is 5.32 Å². The van der Waals surface area contributed by atoms with Gasteiger partial charge in [-0.3, -0.25) is 9.59 Å². The summed E-state index contributed by atoms with van der Waals surface area (Å²) in [6.45, 7) is 1.54. The number of alkyl halides is 3. The normalized spacial score (nSPS) is 13.6. The summed E-state index contributed by atoms with van der Waals surface area (Å²) in [6, 6.07) is 1.51. The van der Waals surface area contributed by atoms with Gasteiger partial charge in [0.15, 0.2) is 6.10 Å². The third-order valence-corrected chi connectivity index (χ3v) is 3.09. The molecule has 0 spiro atoms. The number of carbonyl (C=O) groups is 3. The number of aliphatic hydroxyl groups is 1. The average molecular weight is 363 g/mol. The number of aliphatic hydroxyl groups excluding tert-OH is 1. The number of amides is 1. The minimum absolute atomic E-state index is 0.0211. The smallest absolute Gasteiger partial charge is 0.416 e. The molecule has 25 heavy (non-hydrogen) atoms. The van der Waals surface area contributed by atoms with Crippen molar-refractivity contribution in [1.82, 2.24) is 5.32 Å². The number of rotatable bonds is 7. The van der Waals surface area contributed by atoms with E-state index in [4.69, 9.17) is 5.11 Å². The molecule has 0 aromatic heterocycles. The predicted octanol–water partition coefficient (Wildman–Crippen LogP) is 1.26. The summed E-state index contributed by atoms with van der Waals surface area (Å²) >= 11 is 0. The summed E-state index contributed by atoms with van der Waals surface area (Å²) in [5, 5.41) is 20.8. The van der Waals surface area contributed by atoms with Crippen LogP contribution in [-0.2, 0) is 25.3 Å². The SMILES string of the molecule is CCOC(=O)C[C@H](NC(=O)[C@H](O)c1ccc(C(F)(F)F)cc1)C(=O)O. The van der Waals surface area contributed by atoms with Gasteiger partial charge in [0.05, 0.1) is 18.6 Å². The number of hydrogen-bond acceptors (Lipinski definition) is 5. The summed E-state index contributed by atoms with van der Waals surface area (Å²) in [7, 11) is 0. The molecule has 0 aliphatic carbocycles. The van der Waals surface area contributed by atoms with Crippen molar-refractivity contribution in [2.75, 3.05) is 6.61 Å². The summed E-state index contributed by atoms with van der Waals surface area (Å²) in [4.78, 5) is 34.2. The number of halogens is 3. The van der Waals surface area contributed by atoms with Crippen molar-refractivity contribution in [3.05, 3.63) is 35.4 Å². The van der Waals surface area contributed by atoms with Crippen LogP contribution in [0.2, 0.25) is 0 Å². The molecule has 1 aromatic rings. The van der Waals surface area contributed by atoms with Crippen LogP contribution in [0.25, 0.3) is 0 Å². The Morgan fingerprint density at radius 2 is 1.76 bits per heavy atom. The number of carbonyl (C=O) groups excluding carboxylic acids is 2. The average Bonchev–Trinajstić information content (AvgIpc) is 2.52. The molecule has 1 rings (SSSR count).